The van der Waals surface area contributed by atoms with E-state index in [-0.39, 0.29) is 17.9 Å². The van der Waals surface area contributed by atoms with E-state index in [0.717, 1.165) is 12.8 Å². The molecule has 0 bridgehead atoms. The normalized spacial score (nSPS) is 17.7. The lowest BCUT2D eigenvalue weighted by atomic mass is 10.0. The van der Waals surface area contributed by atoms with Gasteiger partial charge in [0.05, 0.1) is 0 Å². The standard InChI is InChI=1S/C10H18N2O3/c1-8(14)11(2)9-3-5-12(6-4-9)10(15)7-13/h9,13H,3-7H2,1-2H3. The van der Waals surface area contributed by atoms with Crippen LogP contribution in [0.1, 0.15) is 19.8 Å². The van der Waals surface area contributed by atoms with Gasteiger partial charge in [-0.3, -0.25) is 9.59 Å². The van der Waals surface area contributed by atoms with Crippen molar-refractivity contribution in [1.29, 1.82) is 0 Å². The molecule has 1 N–H and O–H groups in total. The van der Waals surface area contributed by atoms with Gasteiger partial charge in [-0.25, -0.2) is 0 Å². The van der Waals surface area contributed by atoms with Gasteiger partial charge < -0.3 is 14.9 Å². The molecule has 0 radical (unpaired) electrons. The average molecular weight is 214 g/mol. The van der Waals surface area contributed by atoms with Crippen LogP contribution in [0.4, 0.5) is 0 Å². The Morgan fingerprint density at radius 3 is 2.33 bits per heavy atom. The summed E-state index contributed by atoms with van der Waals surface area (Å²) < 4.78 is 0. The van der Waals surface area contributed by atoms with Gasteiger partial charge in [0, 0.05) is 33.1 Å². The van der Waals surface area contributed by atoms with Crippen molar-refractivity contribution in [3.8, 4) is 0 Å². The number of rotatable bonds is 2. The fourth-order valence-electron chi connectivity index (χ4n) is 1.86. The average Bonchev–Trinajstić information content (AvgIpc) is 2.27. The second kappa shape index (κ2) is 5.11. The van der Waals surface area contributed by atoms with Gasteiger partial charge in [-0.05, 0) is 12.8 Å². The van der Waals surface area contributed by atoms with Gasteiger partial charge >= 0.3 is 0 Å². The molecule has 15 heavy (non-hydrogen) atoms. The molecule has 1 fully saturated rings. The van der Waals surface area contributed by atoms with E-state index < -0.39 is 6.61 Å². The number of carbonyl (C=O) groups is 2. The quantitative estimate of drug-likeness (QED) is 0.671. The second-order valence-electron chi connectivity index (χ2n) is 3.90. The molecule has 0 unspecified atom stereocenters. The number of piperidine rings is 1. The van der Waals surface area contributed by atoms with Crippen LogP contribution in [0.25, 0.3) is 0 Å². The molecule has 0 aromatic rings. The van der Waals surface area contributed by atoms with Crippen LogP contribution in [-0.4, -0.2) is 59.5 Å². The van der Waals surface area contributed by atoms with E-state index in [1.807, 2.05) is 0 Å². The number of hydrogen-bond donors (Lipinski definition) is 1. The first-order chi connectivity index (χ1) is 7.06. The van der Waals surface area contributed by atoms with Gasteiger partial charge in [0.15, 0.2) is 0 Å². The zero-order valence-corrected chi connectivity index (χ0v) is 9.27. The van der Waals surface area contributed by atoms with Gasteiger partial charge in [-0.15, -0.1) is 0 Å². The molecular formula is C10H18N2O3. The Balaban J connectivity index is 2.42. The van der Waals surface area contributed by atoms with E-state index in [1.54, 1.807) is 23.8 Å². The van der Waals surface area contributed by atoms with Crippen LogP contribution in [0.3, 0.4) is 0 Å². The highest BCUT2D eigenvalue weighted by molar-refractivity contribution is 5.77. The maximum atomic E-state index is 11.2. The van der Waals surface area contributed by atoms with E-state index in [1.165, 1.54) is 0 Å². The maximum Gasteiger partial charge on any atom is 0.248 e. The number of carbonyl (C=O) groups excluding carboxylic acids is 2. The molecule has 1 aliphatic heterocycles. The lowest BCUT2D eigenvalue weighted by Gasteiger charge is -2.36. The van der Waals surface area contributed by atoms with Gasteiger partial charge in [0.25, 0.3) is 0 Å². The monoisotopic (exact) mass is 214 g/mol. The zero-order valence-electron chi connectivity index (χ0n) is 9.27. The fraction of sp³-hybridized carbons (Fsp3) is 0.800. The van der Waals surface area contributed by atoms with Crippen LogP contribution in [-0.2, 0) is 9.59 Å². The molecule has 1 heterocycles. The van der Waals surface area contributed by atoms with E-state index >= 15 is 0 Å². The zero-order chi connectivity index (χ0) is 11.4. The number of aliphatic hydroxyl groups excluding tert-OH is 1. The summed E-state index contributed by atoms with van der Waals surface area (Å²) in [5.41, 5.74) is 0. The summed E-state index contributed by atoms with van der Waals surface area (Å²) in [5.74, 6) is -0.166. The Bertz CT molecular complexity index is 247. The Kier molecular flexibility index (Phi) is 4.08. The smallest absolute Gasteiger partial charge is 0.248 e. The number of aliphatic hydroxyl groups is 1. The Morgan fingerprint density at radius 1 is 1.40 bits per heavy atom. The van der Waals surface area contributed by atoms with Gasteiger partial charge in [0.2, 0.25) is 11.8 Å². The summed E-state index contributed by atoms with van der Waals surface area (Å²) in [6.07, 6.45) is 1.59. The third-order valence-corrected chi connectivity index (χ3v) is 3.00. The molecule has 5 heteroatoms. The number of amides is 2. The molecule has 0 aromatic heterocycles. The van der Waals surface area contributed by atoms with Crippen LogP contribution >= 0.6 is 0 Å². The van der Waals surface area contributed by atoms with Crippen LogP contribution < -0.4 is 0 Å². The van der Waals surface area contributed by atoms with Crippen molar-refractivity contribution in [3.63, 3.8) is 0 Å². The molecule has 0 saturated carbocycles. The highest BCUT2D eigenvalue weighted by atomic mass is 16.3. The van der Waals surface area contributed by atoms with Crippen molar-refractivity contribution in [2.24, 2.45) is 0 Å². The molecule has 0 aliphatic carbocycles. The minimum Gasteiger partial charge on any atom is -0.387 e. The van der Waals surface area contributed by atoms with Crippen molar-refractivity contribution in [3.05, 3.63) is 0 Å². The highest BCUT2D eigenvalue weighted by Crippen LogP contribution is 2.15. The second-order valence-corrected chi connectivity index (χ2v) is 3.90. The Hall–Kier alpha value is -1.10. The highest BCUT2D eigenvalue weighted by Gasteiger charge is 2.25. The summed E-state index contributed by atoms with van der Waals surface area (Å²) in [6.45, 7) is 2.38. The molecule has 0 atom stereocenters. The van der Waals surface area contributed by atoms with Gasteiger partial charge in [0.1, 0.15) is 6.61 Å². The minimum atomic E-state index is -0.423. The predicted molar refractivity (Wildman–Crippen MR) is 55.1 cm³/mol. The molecule has 1 rings (SSSR count). The van der Waals surface area contributed by atoms with E-state index in [9.17, 15) is 9.59 Å². The van der Waals surface area contributed by atoms with E-state index in [0.29, 0.717) is 13.1 Å². The number of likely N-dealkylation sites (tertiary alicyclic amines) is 1. The lowest BCUT2D eigenvalue weighted by Crippen LogP contribution is -2.47. The third-order valence-electron chi connectivity index (χ3n) is 3.00. The molecule has 86 valence electrons. The van der Waals surface area contributed by atoms with Crippen molar-refractivity contribution in [1.82, 2.24) is 9.80 Å². The molecule has 2 amide bonds. The first-order valence-electron chi connectivity index (χ1n) is 5.18. The van der Waals surface area contributed by atoms with Gasteiger partial charge in [-0.1, -0.05) is 0 Å². The Labute approximate surface area is 89.7 Å². The van der Waals surface area contributed by atoms with Crippen LogP contribution in [0.5, 0.6) is 0 Å². The third kappa shape index (κ3) is 2.92. The summed E-state index contributed by atoms with van der Waals surface area (Å²) in [6, 6.07) is 0.227. The largest absolute Gasteiger partial charge is 0.387 e. The van der Waals surface area contributed by atoms with Crippen molar-refractivity contribution < 1.29 is 14.7 Å². The van der Waals surface area contributed by atoms with Gasteiger partial charge in [-0.2, -0.15) is 0 Å². The summed E-state index contributed by atoms with van der Waals surface area (Å²) in [7, 11) is 1.79. The van der Waals surface area contributed by atoms with Crippen LogP contribution in [0.15, 0.2) is 0 Å². The fourth-order valence-corrected chi connectivity index (χ4v) is 1.86. The van der Waals surface area contributed by atoms with Crippen molar-refractivity contribution in [2.75, 3.05) is 26.7 Å². The van der Waals surface area contributed by atoms with Crippen LogP contribution in [0, 0.1) is 0 Å². The maximum absolute atomic E-state index is 11.2. The number of nitrogens with zero attached hydrogens (tertiary/aromatic N) is 2. The molecular weight excluding hydrogens is 196 g/mol. The summed E-state index contributed by atoms with van der Waals surface area (Å²) in [5, 5.41) is 8.69. The van der Waals surface area contributed by atoms with E-state index in [4.69, 9.17) is 5.11 Å². The van der Waals surface area contributed by atoms with Crippen LogP contribution in [0.2, 0.25) is 0 Å². The molecule has 5 nitrogen and oxygen atoms in total. The number of hydrogen-bond acceptors (Lipinski definition) is 3. The minimum absolute atomic E-state index is 0.0573. The summed E-state index contributed by atoms with van der Waals surface area (Å²) in [4.78, 5) is 25.7. The predicted octanol–water partition coefficient (Wildman–Crippen LogP) is -0.552. The SMILES string of the molecule is CC(=O)N(C)C1CCN(C(=O)CO)CC1. The lowest BCUT2D eigenvalue weighted by molar-refractivity contribution is -0.136. The van der Waals surface area contributed by atoms with Crippen molar-refractivity contribution >= 4 is 11.8 Å². The molecule has 1 saturated heterocycles. The van der Waals surface area contributed by atoms with Crippen molar-refractivity contribution in [2.45, 2.75) is 25.8 Å². The molecule has 1 aliphatic rings. The Morgan fingerprint density at radius 2 is 1.93 bits per heavy atom. The topological polar surface area (TPSA) is 60.9 Å². The molecule has 0 spiro atoms. The summed E-state index contributed by atoms with van der Waals surface area (Å²) >= 11 is 0. The molecule has 0 aromatic carbocycles. The van der Waals surface area contributed by atoms with E-state index in [2.05, 4.69) is 0 Å². The first-order valence-corrected chi connectivity index (χ1v) is 5.18. The first kappa shape index (κ1) is 12.0.